The van der Waals surface area contributed by atoms with Gasteiger partial charge in [-0.05, 0) is 49.6 Å². The molecule has 1 fully saturated rings. The molecule has 1 saturated heterocycles. The average molecular weight is 319 g/mol. The molecule has 0 atom stereocenters. The number of aromatic nitrogens is 2. The van der Waals surface area contributed by atoms with E-state index < -0.39 is 0 Å². The fourth-order valence-electron chi connectivity index (χ4n) is 3.16. The highest BCUT2D eigenvalue weighted by molar-refractivity contribution is 5.86. The lowest BCUT2D eigenvalue weighted by atomic mass is 10.1. The van der Waals surface area contributed by atoms with E-state index in [9.17, 15) is 0 Å². The number of piperidine rings is 1. The Morgan fingerprint density at radius 3 is 2.67 bits per heavy atom. The largest absolute Gasteiger partial charge is 0.485 e. The summed E-state index contributed by atoms with van der Waals surface area (Å²) in [4.78, 5) is 11.6. The van der Waals surface area contributed by atoms with Gasteiger partial charge in [-0.2, -0.15) is 0 Å². The fourth-order valence-corrected chi connectivity index (χ4v) is 3.16. The van der Waals surface area contributed by atoms with Crippen LogP contribution in [0.25, 0.3) is 10.9 Å². The Hall–Kier alpha value is -2.62. The zero-order valence-corrected chi connectivity index (χ0v) is 13.7. The predicted octanol–water partition coefficient (Wildman–Crippen LogP) is 4.20. The summed E-state index contributed by atoms with van der Waals surface area (Å²) in [6.45, 7) is 2.64. The molecule has 4 nitrogen and oxygen atoms in total. The summed E-state index contributed by atoms with van der Waals surface area (Å²) >= 11 is 0. The number of pyridine rings is 2. The smallest absolute Gasteiger partial charge is 0.146 e. The van der Waals surface area contributed by atoms with E-state index in [0.717, 1.165) is 41.3 Å². The van der Waals surface area contributed by atoms with Gasteiger partial charge in [0.25, 0.3) is 0 Å². The molecule has 0 unspecified atom stereocenters. The molecule has 0 amide bonds. The van der Waals surface area contributed by atoms with Crippen molar-refractivity contribution in [2.24, 2.45) is 0 Å². The van der Waals surface area contributed by atoms with Crippen molar-refractivity contribution in [3.63, 3.8) is 0 Å². The van der Waals surface area contributed by atoms with Crippen molar-refractivity contribution >= 4 is 16.7 Å². The molecule has 0 saturated carbocycles. The second kappa shape index (κ2) is 6.87. The minimum absolute atomic E-state index is 0.454. The number of anilines is 1. The van der Waals surface area contributed by atoms with E-state index in [1.165, 1.54) is 19.3 Å². The highest BCUT2D eigenvalue weighted by Gasteiger charge is 2.13. The molecule has 4 rings (SSSR count). The summed E-state index contributed by atoms with van der Waals surface area (Å²) in [5.74, 6) is 1.87. The van der Waals surface area contributed by atoms with E-state index >= 15 is 0 Å². The summed E-state index contributed by atoms with van der Waals surface area (Å²) < 4.78 is 6.00. The number of para-hydroxylation sites is 1. The van der Waals surface area contributed by atoms with Crippen molar-refractivity contribution in [3.05, 3.63) is 60.4 Å². The first kappa shape index (κ1) is 14.9. The SMILES string of the molecule is c1ccc(COc2cccc3ccc(N4CCCCC4)nc23)nc1. The Morgan fingerprint density at radius 1 is 0.917 bits per heavy atom. The molecule has 0 aliphatic carbocycles. The summed E-state index contributed by atoms with van der Waals surface area (Å²) in [5.41, 5.74) is 1.85. The van der Waals surface area contributed by atoms with E-state index in [0.29, 0.717) is 6.61 Å². The molecule has 0 spiro atoms. The summed E-state index contributed by atoms with van der Waals surface area (Å²) in [5, 5.41) is 1.11. The quantitative estimate of drug-likeness (QED) is 0.722. The highest BCUT2D eigenvalue weighted by atomic mass is 16.5. The Balaban J connectivity index is 1.62. The van der Waals surface area contributed by atoms with Crippen molar-refractivity contribution in [3.8, 4) is 5.75 Å². The number of ether oxygens (including phenoxy) is 1. The fraction of sp³-hybridized carbons (Fsp3) is 0.300. The van der Waals surface area contributed by atoms with Gasteiger partial charge in [-0.1, -0.05) is 18.2 Å². The topological polar surface area (TPSA) is 38.2 Å². The van der Waals surface area contributed by atoms with E-state index in [4.69, 9.17) is 9.72 Å². The predicted molar refractivity (Wildman–Crippen MR) is 96.4 cm³/mol. The normalized spacial score (nSPS) is 14.8. The third-order valence-corrected chi connectivity index (χ3v) is 4.45. The molecule has 0 radical (unpaired) electrons. The second-order valence-corrected chi connectivity index (χ2v) is 6.15. The van der Waals surface area contributed by atoms with Crippen molar-refractivity contribution in [1.82, 2.24) is 9.97 Å². The van der Waals surface area contributed by atoms with Gasteiger partial charge in [0.05, 0.1) is 5.69 Å². The highest BCUT2D eigenvalue weighted by Crippen LogP contribution is 2.28. The molecule has 3 aromatic rings. The molecule has 1 aliphatic rings. The number of fused-ring (bicyclic) bond motifs is 1. The van der Waals surface area contributed by atoms with Gasteiger partial charge in [-0.25, -0.2) is 4.98 Å². The standard InChI is InChI=1S/C20H21N3O/c1-4-13-23(14-5-1)19-11-10-16-7-6-9-18(20(16)22-19)24-15-17-8-2-3-12-21-17/h2-3,6-12H,1,4-5,13-15H2. The van der Waals surface area contributed by atoms with Gasteiger partial charge in [0, 0.05) is 24.7 Å². The first-order valence-corrected chi connectivity index (χ1v) is 8.57. The third kappa shape index (κ3) is 3.18. The van der Waals surface area contributed by atoms with Crippen molar-refractivity contribution in [2.75, 3.05) is 18.0 Å². The van der Waals surface area contributed by atoms with Crippen LogP contribution in [0.1, 0.15) is 25.0 Å². The third-order valence-electron chi connectivity index (χ3n) is 4.45. The number of hydrogen-bond donors (Lipinski definition) is 0. The maximum atomic E-state index is 6.00. The van der Waals surface area contributed by atoms with Crippen LogP contribution in [0.2, 0.25) is 0 Å². The van der Waals surface area contributed by atoms with Gasteiger partial charge in [0.1, 0.15) is 23.7 Å². The van der Waals surface area contributed by atoms with Crippen LogP contribution in [0.5, 0.6) is 5.75 Å². The van der Waals surface area contributed by atoms with Gasteiger partial charge >= 0.3 is 0 Å². The van der Waals surface area contributed by atoms with Gasteiger partial charge in [-0.3, -0.25) is 4.98 Å². The Morgan fingerprint density at radius 2 is 1.83 bits per heavy atom. The molecular formula is C20H21N3O. The summed E-state index contributed by atoms with van der Waals surface area (Å²) in [6.07, 6.45) is 5.60. The number of benzene rings is 1. The van der Waals surface area contributed by atoms with E-state index in [2.05, 4.69) is 28.1 Å². The average Bonchev–Trinajstić information content (AvgIpc) is 2.67. The van der Waals surface area contributed by atoms with Crippen LogP contribution in [0.4, 0.5) is 5.82 Å². The lowest BCUT2D eigenvalue weighted by Gasteiger charge is -2.28. The Bertz CT molecular complexity index is 813. The minimum atomic E-state index is 0.454. The maximum absolute atomic E-state index is 6.00. The van der Waals surface area contributed by atoms with E-state index in [1.807, 2.05) is 30.3 Å². The molecule has 3 heterocycles. The number of rotatable bonds is 4. The van der Waals surface area contributed by atoms with Crippen LogP contribution >= 0.6 is 0 Å². The summed E-state index contributed by atoms with van der Waals surface area (Å²) in [7, 11) is 0. The van der Waals surface area contributed by atoms with Crippen LogP contribution in [0.15, 0.2) is 54.7 Å². The molecule has 122 valence electrons. The van der Waals surface area contributed by atoms with Crippen molar-refractivity contribution < 1.29 is 4.74 Å². The van der Waals surface area contributed by atoms with Gasteiger partial charge in [-0.15, -0.1) is 0 Å². The molecule has 24 heavy (non-hydrogen) atoms. The van der Waals surface area contributed by atoms with E-state index in [-0.39, 0.29) is 0 Å². The Kier molecular flexibility index (Phi) is 4.28. The van der Waals surface area contributed by atoms with Crippen LogP contribution in [-0.4, -0.2) is 23.1 Å². The maximum Gasteiger partial charge on any atom is 0.146 e. The molecule has 0 bridgehead atoms. The number of hydrogen-bond acceptors (Lipinski definition) is 4. The van der Waals surface area contributed by atoms with Crippen molar-refractivity contribution in [2.45, 2.75) is 25.9 Å². The van der Waals surface area contributed by atoms with Gasteiger partial charge in [0.2, 0.25) is 0 Å². The summed E-state index contributed by atoms with van der Waals surface area (Å²) in [6, 6.07) is 16.2. The zero-order valence-electron chi connectivity index (χ0n) is 13.7. The molecule has 0 N–H and O–H groups in total. The van der Waals surface area contributed by atoms with Crippen LogP contribution < -0.4 is 9.64 Å². The molecule has 4 heteroatoms. The van der Waals surface area contributed by atoms with Crippen LogP contribution in [0.3, 0.4) is 0 Å². The van der Waals surface area contributed by atoms with Gasteiger partial charge in [0.15, 0.2) is 0 Å². The molecular weight excluding hydrogens is 298 g/mol. The van der Waals surface area contributed by atoms with E-state index in [1.54, 1.807) is 6.20 Å². The second-order valence-electron chi connectivity index (χ2n) is 6.15. The minimum Gasteiger partial charge on any atom is -0.485 e. The number of nitrogens with zero attached hydrogens (tertiary/aromatic N) is 3. The molecule has 1 aliphatic heterocycles. The van der Waals surface area contributed by atoms with Crippen LogP contribution in [0, 0.1) is 0 Å². The first-order chi connectivity index (χ1) is 11.9. The molecule has 2 aromatic heterocycles. The zero-order chi connectivity index (χ0) is 16.2. The first-order valence-electron chi connectivity index (χ1n) is 8.57. The van der Waals surface area contributed by atoms with Crippen molar-refractivity contribution in [1.29, 1.82) is 0 Å². The lowest BCUT2D eigenvalue weighted by molar-refractivity contribution is 0.304. The van der Waals surface area contributed by atoms with Gasteiger partial charge < -0.3 is 9.64 Å². The Labute approximate surface area is 142 Å². The van der Waals surface area contributed by atoms with Crippen LogP contribution in [-0.2, 0) is 6.61 Å². The monoisotopic (exact) mass is 319 g/mol. The lowest BCUT2D eigenvalue weighted by Crippen LogP contribution is -2.30. The molecule has 1 aromatic carbocycles.